The second-order valence-electron chi connectivity index (χ2n) is 11.2. The minimum Gasteiger partial charge on any atom is -0.394 e. The van der Waals surface area contributed by atoms with Gasteiger partial charge in [0.2, 0.25) is 17.7 Å². The zero-order valence-corrected chi connectivity index (χ0v) is 20.7. The molecule has 0 aliphatic carbocycles. The Kier molecular flexibility index (Phi) is 6.50. The van der Waals surface area contributed by atoms with Gasteiger partial charge in [-0.1, -0.05) is 44.2 Å². The Bertz CT molecular complexity index is 944. The van der Waals surface area contributed by atoms with Gasteiger partial charge in [-0.25, -0.2) is 0 Å². The molecule has 0 saturated carbocycles. The highest BCUT2D eigenvalue weighted by Crippen LogP contribution is 2.59. The van der Waals surface area contributed by atoms with Crippen LogP contribution in [0.4, 0.5) is 0 Å². The molecule has 1 spiro atoms. The molecule has 1 aromatic rings. The highest BCUT2D eigenvalue weighted by atomic mass is 16.5. The molecular weight excluding hydrogens is 434 g/mol. The molecule has 186 valence electrons. The summed E-state index contributed by atoms with van der Waals surface area (Å²) in [5, 5.41) is 16.2. The van der Waals surface area contributed by atoms with E-state index in [2.05, 4.69) is 10.6 Å². The van der Waals surface area contributed by atoms with E-state index in [0.29, 0.717) is 19.4 Å². The molecule has 0 aromatic heterocycles. The van der Waals surface area contributed by atoms with Crippen molar-refractivity contribution in [1.82, 2.24) is 15.5 Å². The lowest BCUT2D eigenvalue weighted by molar-refractivity contribution is -0.147. The Balaban J connectivity index is 1.67. The van der Waals surface area contributed by atoms with Crippen molar-refractivity contribution < 1.29 is 24.2 Å². The van der Waals surface area contributed by atoms with Crippen molar-refractivity contribution in [3.63, 3.8) is 0 Å². The smallest absolute Gasteiger partial charge is 0.246 e. The third-order valence-electron chi connectivity index (χ3n) is 7.41. The number of rotatable bonds is 7. The largest absolute Gasteiger partial charge is 0.394 e. The van der Waals surface area contributed by atoms with Crippen LogP contribution in [0.1, 0.15) is 53.0 Å². The van der Waals surface area contributed by atoms with E-state index in [1.807, 2.05) is 65.0 Å². The van der Waals surface area contributed by atoms with E-state index in [1.165, 1.54) is 4.90 Å². The van der Waals surface area contributed by atoms with Crippen molar-refractivity contribution in [2.24, 2.45) is 17.8 Å². The van der Waals surface area contributed by atoms with Gasteiger partial charge in [0.1, 0.15) is 11.6 Å². The lowest BCUT2D eigenvalue weighted by atomic mass is 9.70. The highest BCUT2D eigenvalue weighted by Gasteiger charge is 2.75. The predicted molar refractivity (Wildman–Crippen MR) is 126 cm³/mol. The summed E-state index contributed by atoms with van der Waals surface area (Å²) in [5.74, 6) is -2.28. The number of benzene rings is 1. The molecule has 6 atom stereocenters. The van der Waals surface area contributed by atoms with E-state index < -0.39 is 41.2 Å². The molecule has 1 aromatic carbocycles. The Morgan fingerprint density at radius 1 is 1.21 bits per heavy atom. The molecule has 3 heterocycles. The maximum absolute atomic E-state index is 13.9. The molecule has 34 heavy (non-hydrogen) atoms. The molecule has 0 radical (unpaired) electrons. The Labute approximate surface area is 201 Å². The number of amides is 3. The van der Waals surface area contributed by atoms with Gasteiger partial charge in [0.15, 0.2) is 0 Å². The van der Waals surface area contributed by atoms with Crippen molar-refractivity contribution in [3.8, 4) is 0 Å². The number of carbonyl (C=O) groups excluding carboxylic acids is 3. The van der Waals surface area contributed by atoms with Crippen LogP contribution in [0.2, 0.25) is 0 Å². The number of fused-ring (bicyclic) bond motifs is 1. The van der Waals surface area contributed by atoms with Crippen molar-refractivity contribution in [1.29, 1.82) is 0 Å². The zero-order chi connectivity index (χ0) is 24.8. The molecule has 3 saturated heterocycles. The fraction of sp³-hybridized carbons (Fsp3) is 0.654. The first kappa shape index (κ1) is 24.7. The average molecular weight is 472 g/mol. The van der Waals surface area contributed by atoms with Gasteiger partial charge in [0.25, 0.3) is 0 Å². The molecule has 3 aliphatic rings. The van der Waals surface area contributed by atoms with E-state index in [1.54, 1.807) is 0 Å². The maximum atomic E-state index is 13.9. The van der Waals surface area contributed by atoms with Gasteiger partial charge < -0.3 is 25.4 Å². The first-order chi connectivity index (χ1) is 16.0. The van der Waals surface area contributed by atoms with Crippen molar-refractivity contribution >= 4 is 17.7 Å². The number of hydrogen-bond donors (Lipinski definition) is 3. The highest BCUT2D eigenvalue weighted by molar-refractivity contribution is 5.99. The summed E-state index contributed by atoms with van der Waals surface area (Å²) < 4.78 is 6.43. The van der Waals surface area contributed by atoms with Gasteiger partial charge >= 0.3 is 0 Å². The van der Waals surface area contributed by atoms with E-state index in [-0.39, 0.29) is 30.2 Å². The summed E-state index contributed by atoms with van der Waals surface area (Å²) in [6.45, 7) is 9.60. The Hall–Kier alpha value is -2.45. The van der Waals surface area contributed by atoms with Crippen LogP contribution >= 0.6 is 0 Å². The molecular formula is C26H37N3O5. The van der Waals surface area contributed by atoms with Crippen LogP contribution < -0.4 is 10.6 Å². The van der Waals surface area contributed by atoms with E-state index in [9.17, 15) is 19.5 Å². The number of nitrogens with one attached hydrogen (secondary N) is 2. The summed E-state index contributed by atoms with van der Waals surface area (Å²) in [6.07, 6.45) is 0.751. The first-order valence-electron chi connectivity index (χ1n) is 12.2. The van der Waals surface area contributed by atoms with Gasteiger partial charge in [0.05, 0.1) is 30.6 Å². The monoisotopic (exact) mass is 471 g/mol. The number of hydrogen-bond acceptors (Lipinski definition) is 5. The van der Waals surface area contributed by atoms with Crippen LogP contribution in [-0.4, -0.2) is 63.7 Å². The van der Waals surface area contributed by atoms with Gasteiger partial charge in [0, 0.05) is 12.1 Å². The van der Waals surface area contributed by atoms with Crippen LogP contribution in [0, 0.1) is 17.8 Å². The molecule has 8 nitrogen and oxygen atoms in total. The van der Waals surface area contributed by atoms with E-state index in [4.69, 9.17) is 4.74 Å². The number of aliphatic hydroxyl groups is 1. The third-order valence-corrected chi connectivity index (χ3v) is 7.41. The second kappa shape index (κ2) is 8.96. The number of ether oxygens (including phenoxy) is 1. The lowest BCUT2D eigenvalue weighted by Gasteiger charge is -2.39. The molecule has 3 fully saturated rings. The topological polar surface area (TPSA) is 108 Å². The lowest BCUT2D eigenvalue weighted by Crippen LogP contribution is -2.61. The number of likely N-dealkylation sites (tertiary alicyclic amines) is 1. The summed E-state index contributed by atoms with van der Waals surface area (Å²) >= 11 is 0. The van der Waals surface area contributed by atoms with Crippen LogP contribution in [0.3, 0.4) is 0 Å². The van der Waals surface area contributed by atoms with Crippen LogP contribution in [-0.2, 0) is 25.7 Å². The number of nitrogens with zero attached hydrogens (tertiary/aromatic N) is 1. The SMILES string of the molecule is CC(C)[C@H](CO)N1C(=O)[C@@H]2[C@H](C(=O)NCc3ccccc3)[C@@H]3CCC2(O3)C1C(=O)NC(C)(C)C. The fourth-order valence-corrected chi connectivity index (χ4v) is 6.01. The third kappa shape index (κ3) is 4.11. The normalized spacial score (nSPS) is 31.0. The van der Waals surface area contributed by atoms with Crippen molar-refractivity contribution in [2.45, 2.75) is 83.3 Å². The van der Waals surface area contributed by atoms with E-state index >= 15 is 0 Å². The van der Waals surface area contributed by atoms with Crippen LogP contribution in [0.5, 0.6) is 0 Å². The van der Waals surface area contributed by atoms with Crippen molar-refractivity contribution in [3.05, 3.63) is 35.9 Å². The molecule has 8 heteroatoms. The summed E-state index contributed by atoms with van der Waals surface area (Å²) in [5.41, 5.74) is -0.596. The summed E-state index contributed by atoms with van der Waals surface area (Å²) in [6, 6.07) is 8.18. The van der Waals surface area contributed by atoms with Crippen LogP contribution in [0.25, 0.3) is 0 Å². The molecule has 3 aliphatic heterocycles. The van der Waals surface area contributed by atoms with Crippen molar-refractivity contribution in [2.75, 3.05) is 6.61 Å². The first-order valence-corrected chi connectivity index (χ1v) is 12.2. The molecule has 3 N–H and O–H groups in total. The predicted octanol–water partition coefficient (Wildman–Crippen LogP) is 1.61. The van der Waals surface area contributed by atoms with Gasteiger partial charge in [-0.05, 0) is 45.1 Å². The second-order valence-corrected chi connectivity index (χ2v) is 11.2. The fourth-order valence-electron chi connectivity index (χ4n) is 6.01. The van der Waals surface area contributed by atoms with Crippen LogP contribution in [0.15, 0.2) is 30.3 Å². The number of carbonyl (C=O) groups is 3. The minimum absolute atomic E-state index is 0.0725. The summed E-state index contributed by atoms with van der Waals surface area (Å²) in [4.78, 5) is 42.4. The zero-order valence-electron chi connectivity index (χ0n) is 20.7. The number of aliphatic hydroxyl groups excluding tert-OH is 1. The quantitative estimate of drug-likeness (QED) is 0.560. The standard InChI is InChI=1S/C26H37N3O5/c1-15(2)17(14-30)29-21(23(32)28-25(3,4)5)26-12-11-18(34-26)19(20(26)24(29)33)22(31)27-13-16-9-7-6-8-10-16/h6-10,15,17-21,30H,11-14H2,1-5H3,(H,27,31)(H,28,32)/t17-,18-,19+,20-,21?,26?/m0/s1. The Morgan fingerprint density at radius 2 is 1.88 bits per heavy atom. The average Bonchev–Trinajstić information content (AvgIpc) is 3.40. The van der Waals surface area contributed by atoms with Gasteiger partial charge in [-0.3, -0.25) is 14.4 Å². The minimum atomic E-state index is -1.06. The van der Waals surface area contributed by atoms with Gasteiger partial charge in [-0.2, -0.15) is 0 Å². The maximum Gasteiger partial charge on any atom is 0.246 e. The molecule has 2 bridgehead atoms. The molecule has 3 amide bonds. The van der Waals surface area contributed by atoms with Gasteiger partial charge in [-0.15, -0.1) is 0 Å². The molecule has 4 rings (SSSR count). The molecule has 2 unspecified atom stereocenters. The Morgan fingerprint density at radius 3 is 2.47 bits per heavy atom. The van der Waals surface area contributed by atoms with E-state index in [0.717, 1.165) is 5.56 Å². The summed E-state index contributed by atoms with van der Waals surface area (Å²) in [7, 11) is 0.